The molecule has 1 aromatic heterocycles. The largest absolute Gasteiger partial charge is 0.391 e. The summed E-state index contributed by atoms with van der Waals surface area (Å²) in [5, 5.41) is 14.9. The van der Waals surface area contributed by atoms with E-state index in [4.69, 9.17) is 11.6 Å². The van der Waals surface area contributed by atoms with Gasteiger partial charge in [0.25, 0.3) is 5.91 Å². The standard InChI is InChI=1S/C17H20ClN3O2/c1-20(11-16(22)12-6-7-12)17(23)14-8-19-21(10-14)9-13-4-2-3-5-15(13)18/h2-5,8,10,12,16,22H,6-7,9,11H2,1H3. The second-order valence-corrected chi connectivity index (χ2v) is 6.52. The Hall–Kier alpha value is -1.85. The number of rotatable bonds is 6. The summed E-state index contributed by atoms with van der Waals surface area (Å²) in [4.78, 5) is 13.9. The lowest BCUT2D eigenvalue weighted by Gasteiger charge is -2.20. The van der Waals surface area contributed by atoms with Gasteiger partial charge in [0, 0.05) is 24.8 Å². The van der Waals surface area contributed by atoms with Gasteiger partial charge >= 0.3 is 0 Å². The number of likely N-dealkylation sites (N-methyl/N-ethyl adjacent to an activating group) is 1. The van der Waals surface area contributed by atoms with Crippen molar-refractivity contribution < 1.29 is 9.90 Å². The molecule has 1 aromatic carbocycles. The number of aromatic nitrogens is 2. The quantitative estimate of drug-likeness (QED) is 0.883. The molecule has 23 heavy (non-hydrogen) atoms. The molecule has 3 rings (SSSR count). The zero-order chi connectivity index (χ0) is 16.4. The third-order valence-corrected chi connectivity index (χ3v) is 4.51. The summed E-state index contributed by atoms with van der Waals surface area (Å²) in [6, 6.07) is 7.57. The van der Waals surface area contributed by atoms with Crippen molar-refractivity contribution in [1.82, 2.24) is 14.7 Å². The smallest absolute Gasteiger partial charge is 0.256 e. The van der Waals surface area contributed by atoms with Crippen molar-refractivity contribution in [2.45, 2.75) is 25.5 Å². The maximum Gasteiger partial charge on any atom is 0.256 e. The van der Waals surface area contributed by atoms with Gasteiger partial charge in [-0.05, 0) is 30.4 Å². The Morgan fingerprint density at radius 1 is 1.48 bits per heavy atom. The number of amides is 1. The van der Waals surface area contributed by atoms with Crippen LogP contribution in [-0.2, 0) is 6.54 Å². The summed E-state index contributed by atoms with van der Waals surface area (Å²) >= 11 is 6.14. The van der Waals surface area contributed by atoms with E-state index in [1.54, 1.807) is 29.0 Å². The number of nitrogens with zero attached hydrogens (tertiary/aromatic N) is 3. The van der Waals surface area contributed by atoms with Crippen LogP contribution in [0.1, 0.15) is 28.8 Å². The summed E-state index contributed by atoms with van der Waals surface area (Å²) in [6.07, 6.45) is 4.95. The van der Waals surface area contributed by atoms with Gasteiger partial charge in [-0.2, -0.15) is 5.10 Å². The van der Waals surface area contributed by atoms with Gasteiger partial charge in [0.05, 0.1) is 24.4 Å². The molecule has 122 valence electrons. The van der Waals surface area contributed by atoms with Crippen molar-refractivity contribution in [3.8, 4) is 0 Å². The van der Waals surface area contributed by atoms with Gasteiger partial charge in [0.15, 0.2) is 0 Å². The van der Waals surface area contributed by atoms with Gasteiger partial charge in [-0.25, -0.2) is 0 Å². The molecule has 5 nitrogen and oxygen atoms in total. The van der Waals surface area contributed by atoms with Crippen molar-refractivity contribution in [2.75, 3.05) is 13.6 Å². The molecule has 1 aliphatic carbocycles. The average Bonchev–Trinajstić information content (AvgIpc) is 3.29. The van der Waals surface area contributed by atoms with E-state index in [1.165, 1.54) is 0 Å². The molecule has 2 aromatic rings. The number of carbonyl (C=O) groups is 1. The molecule has 1 fully saturated rings. The van der Waals surface area contributed by atoms with E-state index >= 15 is 0 Å². The van der Waals surface area contributed by atoms with E-state index in [2.05, 4.69) is 5.10 Å². The molecule has 1 aliphatic rings. The first kappa shape index (κ1) is 16.0. The van der Waals surface area contributed by atoms with E-state index in [-0.39, 0.29) is 5.91 Å². The summed E-state index contributed by atoms with van der Waals surface area (Å²) in [7, 11) is 1.71. The number of benzene rings is 1. The lowest BCUT2D eigenvalue weighted by molar-refractivity contribution is 0.0645. The van der Waals surface area contributed by atoms with Gasteiger partial charge < -0.3 is 10.0 Å². The minimum atomic E-state index is -0.429. The molecule has 0 saturated heterocycles. The van der Waals surface area contributed by atoms with Crippen LogP contribution in [0.4, 0.5) is 0 Å². The second kappa shape index (κ2) is 6.72. The molecule has 0 spiro atoms. The number of halogens is 1. The van der Waals surface area contributed by atoms with Crippen LogP contribution < -0.4 is 0 Å². The fourth-order valence-electron chi connectivity index (χ4n) is 2.58. The normalized spacial score (nSPS) is 15.4. The minimum Gasteiger partial charge on any atom is -0.391 e. The molecular formula is C17H20ClN3O2. The first-order valence-corrected chi connectivity index (χ1v) is 8.12. The Balaban J connectivity index is 1.63. The number of aliphatic hydroxyl groups is 1. The average molecular weight is 334 g/mol. The molecule has 1 amide bonds. The summed E-state index contributed by atoms with van der Waals surface area (Å²) in [5.41, 5.74) is 1.47. The third-order valence-electron chi connectivity index (χ3n) is 4.14. The van der Waals surface area contributed by atoms with E-state index in [0.717, 1.165) is 18.4 Å². The van der Waals surface area contributed by atoms with Gasteiger partial charge in [0.1, 0.15) is 0 Å². The number of hydrogen-bond acceptors (Lipinski definition) is 3. The highest BCUT2D eigenvalue weighted by molar-refractivity contribution is 6.31. The van der Waals surface area contributed by atoms with Crippen molar-refractivity contribution in [3.05, 3.63) is 52.8 Å². The Bertz CT molecular complexity index is 697. The predicted molar refractivity (Wildman–Crippen MR) is 88.5 cm³/mol. The fraction of sp³-hybridized carbons (Fsp3) is 0.412. The van der Waals surface area contributed by atoms with Crippen LogP contribution in [0.5, 0.6) is 0 Å². The van der Waals surface area contributed by atoms with Crippen LogP contribution >= 0.6 is 11.6 Å². The molecule has 0 bridgehead atoms. The minimum absolute atomic E-state index is 0.130. The summed E-state index contributed by atoms with van der Waals surface area (Å²) in [6.45, 7) is 0.876. The zero-order valence-corrected chi connectivity index (χ0v) is 13.8. The number of carbonyl (C=O) groups excluding carboxylic acids is 1. The zero-order valence-electron chi connectivity index (χ0n) is 13.0. The van der Waals surface area contributed by atoms with Crippen LogP contribution in [-0.4, -0.2) is 45.4 Å². The number of aliphatic hydroxyl groups excluding tert-OH is 1. The maximum atomic E-state index is 12.4. The van der Waals surface area contributed by atoms with E-state index in [9.17, 15) is 9.90 Å². The first-order valence-electron chi connectivity index (χ1n) is 7.74. The molecule has 1 atom stereocenters. The van der Waals surface area contributed by atoms with Gasteiger partial charge in [0.2, 0.25) is 0 Å². The Kier molecular flexibility index (Phi) is 4.68. The van der Waals surface area contributed by atoms with Crippen LogP contribution in [0.15, 0.2) is 36.7 Å². The Morgan fingerprint density at radius 3 is 2.91 bits per heavy atom. The SMILES string of the molecule is CN(CC(O)C1CC1)C(=O)c1cnn(Cc2ccccc2Cl)c1. The monoisotopic (exact) mass is 333 g/mol. The number of hydrogen-bond donors (Lipinski definition) is 1. The summed E-state index contributed by atoms with van der Waals surface area (Å²) in [5.74, 6) is 0.225. The second-order valence-electron chi connectivity index (χ2n) is 6.11. The summed E-state index contributed by atoms with van der Waals surface area (Å²) < 4.78 is 1.69. The molecule has 1 saturated carbocycles. The molecule has 0 radical (unpaired) electrons. The van der Waals surface area contributed by atoms with Crippen LogP contribution in [0.3, 0.4) is 0 Å². The van der Waals surface area contributed by atoms with Gasteiger partial charge in [-0.1, -0.05) is 29.8 Å². The molecule has 1 heterocycles. The van der Waals surface area contributed by atoms with Crippen molar-refractivity contribution in [3.63, 3.8) is 0 Å². The van der Waals surface area contributed by atoms with Gasteiger partial charge in [-0.15, -0.1) is 0 Å². The Morgan fingerprint density at radius 2 is 2.22 bits per heavy atom. The molecule has 0 aliphatic heterocycles. The molecule has 1 N–H and O–H groups in total. The van der Waals surface area contributed by atoms with E-state index < -0.39 is 6.10 Å². The van der Waals surface area contributed by atoms with Crippen molar-refractivity contribution in [2.24, 2.45) is 5.92 Å². The van der Waals surface area contributed by atoms with Crippen LogP contribution in [0.2, 0.25) is 5.02 Å². The van der Waals surface area contributed by atoms with E-state index in [0.29, 0.717) is 29.6 Å². The molecule has 6 heteroatoms. The lowest BCUT2D eigenvalue weighted by Crippen LogP contribution is -2.35. The molecule has 1 unspecified atom stereocenters. The van der Waals surface area contributed by atoms with Crippen LogP contribution in [0.25, 0.3) is 0 Å². The van der Waals surface area contributed by atoms with Crippen molar-refractivity contribution >= 4 is 17.5 Å². The maximum absolute atomic E-state index is 12.4. The first-order chi connectivity index (χ1) is 11.0. The topological polar surface area (TPSA) is 58.4 Å². The predicted octanol–water partition coefficient (Wildman–Crippen LogP) is 2.43. The van der Waals surface area contributed by atoms with Crippen LogP contribution in [0, 0.1) is 5.92 Å². The lowest BCUT2D eigenvalue weighted by atomic mass is 10.2. The highest BCUT2D eigenvalue weighted by atomic mass is 35.5. The van der Waals surface area contributed by atoms with E-state index in [1.807, 2.05) is 24.3 Å². The fourth-order valence-corrected chi connectivity index (χ4v) is 2.77. The van der Waals surface area contributed by atoms with Gasteiger partial charge in [-0.3, -0.25) is 9.48 Å². The Labute approximate surface area is 140 Å². The highest BCUT2D eigenvalue weighted by Gasteiger charge is 2.31. The third kappa shape index (κ3) is 3.92. The molecular weight excluding hydrogens is 314 g/mol. The highest BCUT2D eigenvalue weighted by Crippen LogP contribution is 2.32. The van der Waals surface area contributed by atoms with Crippen molar-refractivity contribution in [1.29, 1.82) is 0 Å².